The van der Waals surface area contributed by atoms with Crippen LogP contribution in [0.1, 0.15) is 0 Å². The van der Waals surface area contributed by atoms with Gasteiger partial charge in [0.05, 0.1) is 6.61 Å². The van der Waals surface area contributed by atoms with Gasteiger partial charge >= 0.3 is 30.7 Å². The van der Waals surface area contributed by atoms with Gasteiger partial charge in [0, 0.05) is 6.04 Å². The fraction of sp³-hybridized carbons (Fsp3) is 0.900. The molecule has 0 radical (unpaired) electrons. The quantitative estimate of drug-likeness (QED) is 0.506. The third-order valence-electron chi connectivity index (χ3n) is 2.69. The molecule has 5 nitrogen and oxygen atoms in total. The van der Waals surface area contributed by atoms with Crippen molar-refractivity contribution < 1.29 is 67.7 Å². The van der Waals surface area contributed by atoms with Crippen LogP contribution in [0.5, 0.6) is 0 Å². The van der Waals surface area contributed by atoms with Crippen LogP contribution in [0.4, 0.5) is 52.7 Å². The normalized spacial score (nSPS) is 16.0. The predicted molar refractivity (Wildman–Crippen MR) is 61.9 cm³/mol. The predicted octanol–water partition coefficient (Wildman–Crippen LogP) is 2.19. The van der Waals surface area contributed by atoms with Gasteiger partial charge in [-0.25, -0.2) is 0 Å². The van der Waals surface area contributed by atoms with Crippen LogP contribution in [-0.4, -0.2) is 59.6 Å². The number of carboxylic acids is 1. The highest BCUT2D eigenvalue weighted by Gasteiger charge is 2.61. The molecular formula is C10H12F12N2O3. The lowest BCUT2D eigenvalue weighted by Crippen LogP contribution is -2.52. The summed E-state index contributed by atoms with van der Waals surface area (Å²) in [7, 11) is 0. The minimum absolute atomic E-state index is 1.37. The van der Waals surface area contributed by atoms with Gasteiger partial charge in [0.2, 0.25) is 0 Å². The summed E-state index contributed by atoms with van der Waals surface area (Å²) in [6, 6.07) is -5.42. The van der Waals surface area contributed by atoms with Crippen molar-refractivity contribution in [1.29, 1.82) is 0 Å². The second-order valence-corrected chi connectivity index (χ2v) is 4.83. The molecule has 0 spiro atoms. The summed E-state index contributed by atoms with van der Waals surface area (Å²) in [6.07, 6.45) is -22.4. The van der Waals surface area contributed by atoms with Gasteiger partial charge in [-0.15, -0.1) is 0 Å². The lowest BCUT2D eigenvalue weighted by atomic mass is 9.99. The summed E-state index contributed by atoms with van der Waals surface area (Å²) in [5, 5.41) is 16.1. The Morgan fingerprint density at radius 1 is 0.704 bits per heavy atom. The topological polar surface area (TPSA) is 110 Å². The molecule has 0 heterocycles. The Balaban J connectivity index is 0. The highest BCUT2D eigenvalue weighted by molar-refractivity contribution is 5.73. The van der Waals surface area contributed by atoms with Gasteiger partial charge in [0.15, 0.2) is 11.8 Å². The Hall–Kier alpha value is -1.49. The Bertz CT molecular complexity index is 442. The first-order chi connectivity index (χ1) is 11.6. The van der Waals surface area contributed by atoms with Crippen molar-refractivity contribution in [3.8, 4) is 0 Å². The van der Waals surface area contributed by atoms with E-state index in [9.17, 15) is 57.5 Å². The van der Waals surface area contributed by atoms with Gasteiger partial charge in [0.1, 0.15) is 6.04 Å². The van der Waals surface area contributed by atoms with E-state index in [0.717, 1.165) is 0 Å². The summed E-state index contributed by atoms with van der Waals surface area (Å²) in [5.74, 6) is -10.1. The molecule has 0 aromatic heterocycles. The van der Waals surface area contributed by atoms with Crippen molar-refractivity contribution in [3.05, 3.63) is 0 Å². The Morgan fingerprint density at radius 2 is 0.963 bits per heavy atom. The fourth-order valence-corrected chi connectivity index (χ4v) is 1.51. The third-order valence-corrected chi connectivity index (χ3v) is 2.69. The van der Waals surface area contributed by atoms with Gasteiger partial charge in [-0.1, -0.05) is 0 Å². The fourth-order valence-electron chi connectivity index (χ4n) is 1.51. The number of carbonyl (C=O) groups is 1. The minimum Gasteiger partial charge on any atom is -0.480 e. The number of nitrogens with two attached hydrogens (primary N) is 2. The molecule has 164 valence electrons. The molecule has 0 aliphatic carbocycles. The molecule has 0 bridgehead atoms. The number of alkyl halides is 12. The van der Waals surface area contributed by atoms with E-state index < -0.39 is 61.2 Å². The average molecular weight is 436 g/mol. The smallest absolute Gasteiger partial charge is 0.402 e. The standard InChI is InChI=1S/C5H5F6NO2.C5H7F6NO/c6-4(7,8)2(5(9,10)11)1(12)3(13)14;6-4(7,8)3(2(12)1-13)5(9,10)11/h1-2H,12H2,(H,13,14);2-3,13H,1,12H2. The second kappa shape index (κ2) is 9.13. The summed E-state index contributed by atoms with van der Waals surface area (Å²) in [6.45, 7) is -1.37. The lowest BCUT2D eigenvalue weighted by Gasteiger charge is -2.26. The molecule has 0 aliphatic rings. The zero-order valence-electron chi connectivity index (χ0n) is 12.5. The maximum absolute atomic E-state index is 11.8. The molecule has 17 heteroatoms. The Kier molecular flexibility index (Phi) is 9.38. The van der Waals surface area contributed by atoms with Crippen LogP contribution in [0.3, 0.4) is 0 Å². The summed E-state index contributed by atoms with van der Waals surface area (Å²) < 4.78 is 141. The van der Waals surface area contributed by atoms with Crippen molar-refractivity contribution in [2.45, 2.75) is 36.8 Å². The Labute approximate surface area is 141 Å². The molecule has 2 unspecified atom stereocenters. The monoisotopic (exact) mass is 436 g/mol. The van der Waals surface area contributed by atoms with Gasteiger partial charge < -0.3 is 21.7 Å². The summed E-state index contributed by atoms with van der Waals surface area (Å²) in [4.78, 5) is 9.91. The number of hydrogen-bond acceptors (Lipinski definition) is 4. The maximum atomic E-state index is 11.8. The van der Waals surface area contributed by atoms with Crippen molar-refractivity contribution in [2.75, 3.05) is 6.61 Å². The summed E-state index contributed by atoms with van der Waals surface area (Å²) >= 11 is 0. The van der Waals surface area contributed by atoms with E-state index in [4.69, 9.17) is 10.2 Å². The first kappa shape index (κ1) is 27.7. The number of carboxylic acid groups (broad SMARTS) is 1. The molecule has 0 saturated carbocycles. The largest absolute Gasteiger partial charge is 0.480 e. The Morgan fingerprint density at radius 3 is 1.04 bits per heavy atom. The van der Waals surface area contributed by atoms with Crippen LogP contribution in [0.15, 0.2) is 0 Å². The van der Waals surface area contributed by atoms with Crippen LogP contribution < -0.4 is 11.5 Å². The molecule has 0 aromatic rings. The molecule has 0 amide bonds. The van der Waals surface area contributed by atoms with E-state index >= 15 is 0 Å². The van der Waals surface area contributed by atoms with Crippen LogP contribution in [-0.2, 0) is 4.79 Å². The van der Waals surface area contributed by atoms with Gasteiger partial charge in [-0.3, -0.25) is 4.79 Å². The maximum Gasteiger partial charge on any atom is 0.402 e. The molecule has 0 aromatic carbocycles. The SMILES string of the molecule is NC(C(=O)O)C(C(F)(F)F)C(F)(F)F.NC(CO)C(C(F)(F)F)C(F)(F)F. The molecule has 0 fully saturated rings. The molecule has 0 rings (SSSR count). The van der Waals surface area contributed by atoms with Crippen LogP contribution in [0, 0.1) is 11.8 Å². The van der Waals surface area contributed by atoms with Gasteiger partial charge in [0.25, 0.3) is 0 Å². The van der Waals surface area contributed by atoms with Gasteiger partial charge in [-0.2, -0.15) is 52.7 Å². The first-order valence-corrected chi connectivity index (χ1v) is 6.20. The molecule has 27 heavy (non-hydrogen) atoms. The van der Waals surface area contributed by atoms with Gasteiger partial charge in [-0.05, 0) is 0 Å². The molecule has 0 saturated heterocycles. The third kappa shape index (κ3) is 9.32. The first-order valence-electron chi connectivity index (χ1n) is 6.20. The highest BCUT2D eigenvalue weighted by Crippen LogP contribution is 2.41. The van der Waals surface area contributed by atoms with E-state index in [1.807, 2.05) is 0 Å². The van der Waals surface area contributed by atoms with Crippen LogP contribution in [0.2, 0.25) is 0 Å². The molecule has 0 aliphatic heterocycles. The number of rotatable bonds is 4. The van der Waals surface area contributed by atoms with E-state index in [-0.39, 0.29) is 0 Å². The van der Waals surface area contributed by atoms with E-state index in [2.05, 4.69) is 11.5 Å². The lowest BCUT2D eigenvalue weighted by molar-refractivity contribution is -0.291. The highest BCUT2D eigenvalue weighted by atomic mass is 19.4. The van der Waals surface area contributed by atoms with Crippen molar-refractivity contribution in [2.24, 2.45) is 23.3 Å². The molecule has 6 N–H and O–H groups in total. The second-order valence-electron chi connectivity index (χ2n) is 4.83. The van der Waals surface area contributed by atoms with Crippen LogP contribution in [0.25, 0.3) is 0 Å². The van der Waals surface area contributed by atoms with Crippen LogP contribution >= 0.6 is 0 Å². The van der Waals surface area contributed by atoms with E-state index in [0.29, 0.717) is 0 Å². The molecule has 2 atom stereocenters. The number of hydrogen-bond donors (Lipinski definition) is 4. The molecular weight excluding hydrogens is 424 g/mol. The zero-order chi connectivity index (χ0) is 22.6. The number of aliphatic carboxylic acids is 1. The number of aliphatic hydroxyl groups is 1. The number of halogens is 12. The summed E-state index contributed by atoms with van der Waals surface area (Å²) in [5.41, 5.74) is 8.79. The average Bonchev–Trinajstić information content (AvgIpc) is 2.31. The van der Waals surface area contributed by atoms with E-state index in [1.54, 1.807) is 0 Å². The van der Waals surface area contributed by atoms with Crippen molar-refractivity contribution >= 4 is 5.97 Å². The van der Waals surface area contributed by atoms with Crippen molar-refractivity contribution in [1.82, 2.24) is 0 Å². The minimum atomic E-state index is -5.73. The van der Waals surface area contributed by atoms with Crippen molar-refractivity contribution in [3.63, 3.8) is 0 Å². The number of aliphatic hydroxyl groups excluding tert-OH is 1. The van der Waals surface area contributed by atoms with E-state index in [1.165, 1.54) is 0 Å². The zero-order valence-corrected chi connectivity index (χ0v) is 12.5.